The fraction of sp³-hybridized carbons (Fsp3) is 0.250. The summed E-state index contributed by atoms with van der Waals surface area (Å²) in [6.45, 7) is 2.38. The number of anilines is 2. The lowest BCUT2D eigenvalue weighted by Crippen LogP contribution is -2.18. The number of non-ortho nitro benzene ring substituents is 1. The second kappa shape index (κ2) is 8.63. The quantitative estimate of drug-likeness (QED) is 0.388. The van der Waals surface area contributed by atoms with E-state index in [1.165, 1.54) is 19.2 Å². The summed E-state index contributed by atoms with van der Waals surface area (Å²) < 4.78 is 56.4. The van der Waals surface area contributed by atoms with Crippen molar-refractivity contribution in [3.05, 3.63) is 46.5 Å². The van der Waals surface area contributed by atoms with Gasteiger partial charge in [-0.3, -0.25) is 14.8 Å². The molecule has 2 aromatic rings. The smallest absolute Gasteiger partial charge is 0.271 e. The number of rotatable bonds is 9. The maximum Gasteiger partial charge on any atom is 0.271 e. The third kappa shape index (κ3) is 5.34. The monoisotopic (exact) mass is 444 g/mol. The Bertz CT molecular complexity index is 1130. The van der Waals surface area contributed by atoms with Crippen molar-refractivity contribution in [3.8, 4) is 5.75 Å². The average molecular weight is 444 g/mol. The summed E-state index contributed by atoms with van der Waals surface area (Å²) in [5.74, 6) is -0.117. The summed E-state index contributed by atoms with van der Waals surface area (Å²) in [5.41, 5.74) is -0.223. The molecule has 11 nitrogen and oxygen atoms in total. The molecule has 0 aliphatic heterocycles. The number of nitrogens with zero attached hydrogens (tertiary/aromatic N) is 1. The summed E-state index contributed by atoms with van der Waals surface area (Å²) in [6, 6.07) is 6.78. The molecule has 0 heterocycles. The highest BCUT2D eigenvalue weighted by atomic mass is 32.2. The summed E-state index contributed by atoms with van der Waals surface area (Å²) >= 11 is 0. The van der Waals surface area contributed by atoms with Gasteiger partial charge in [0.05, 0.1) is 28.3 Å². The number of primary sulfonamides is 1. The molecule has 0 aliphatic rings. The third-order valence-electron chi connectivity index (χ3n) is 3.78. The first-order chi connectivity index (χ1) is 13.5. The minimum absolute atomic E-state index is 0.0847. The van der Waals surface area contributed by atoms with E-state index in [0.29, 0.717) is 12.2 Å². The van der Waals surface area contributed by atoms with Crippen molar-refractivity contribution in [2.24, 2.45) is 5.14 Å². The molecule has 0 amide bonds. The van der Waals surface area contributed by atoms with Gasteiger partial charge >= 0.3 is 0 Å². The van der Waals surface area contributed by atoms with Crippen LogP contribution in [0.25, 0.3) is 0 Å². The maximum absolute atomic E-state index is 12.9. The molecule has 0 saturated heterocycles. The molecule has 13 heteroatoms. The number of hydrogen-bond donors (Lipinski definition) is 3. The van der Waals surface area contributed by atoms with Gasteiger partial charge in [0, 0.05) is 18.7 Å². The zero-order valence-electron chi connectivity index (χ0n) is 15.6. The molecule has 0 unspecified atom stereocenters. The number of hydrogen-bond acceptors (Lipinski definition) is 8. The Kier molecular flexibility index (Phi) is 6.66. The van der Waals surface area contributed by atoms with E-state index < -0.39 is 35.6 Å². The molecule has 2 rings (SSSR count). The normalized spacial score (nSPS) is 11.7. The lowest BCUT2D eigenvalue weighted by molar-refractivity contribution is -0.385. The largest absolute Gasteiger partial charge is 0.495 e. The zero-order chi connectivity index (χ0) is 21.8. The van der Waals surface area contributed by atoms with Crippen molar-refractivity contribution in [2.45, 2.75) is 23.1 Å². The van der Waals surface area contributed by atoms with E-state index in [1.54, 1.807) is 0 Å². The van der Waals surface area contributed by atoms with E-state index in [4.69, 9.17) is 9.88 Å². The average Bonchev–Trinajstić information content (AvgIpc) is 2.65. The van der Waals surface area contributed by atoms with Gasteiger partial charge in [0.1, 0.15) is 10.6 Å². The number of nitro benzene ring substituents is 1. The summed E-state index contributed by atoms with van der Waals surface area (Å²) in [7, 11) is -7.25. The number of methoxy groups -OCH3 is 1. The van der Waals surface area contributed by atoms with Crippen molar-refractivity contribution in [2.75, 3.05) is 23.7 Å². The number of benzene rings is 2. The van der Waals surface area contributed by atoms with E-state index >= 15 is 0 Å². The second-order valence-electron chi connectivity index (χ2n) is 5.88. The Morgan fingerprint density at radius 2 is 1.79 bits per heavy atom. The Balaban J connectivity index is 2.59. The molecule has 0 spiro atoms. The predicted octanol–water partition coefficient (Wildman–Crippen LogP) is 1.87. The predicted molar refractivity (Wildman–Crippen MR) is 107 cm³/mol. The van der Waals surface area contributed by atoms with Gasteiger partial charge in [0.2, 0.25) is 10.0 Å². The van der Waals surface area contributed by atoms with Crippen LogP contribution in [0.3, 0.4) is 0 Å². The third-order valence-corrected chi connectivity index (χ3v) is 6.07. The van der Waals surface area contributed by atoms with Gasteiger partial charge in [-0.1, -0.05) is 6.92 Å². The van der Waals surface area contributed by atoms with E-state index in [-0.39, 0.29) is 16.3 Å². The van der Waals surface area contributed by atoms with Gasteiger partial charge in [0.15, 0.2) is 0 Å². The molecule has 0 radical (unpaired) electrons. The fourth-order valence-corrected chi connectivity index (χ4v) is 4.19. The lowest BCUT2D eigenvalue weighted by atomic mass is 10.2. The summed E-state index contributed by atoms with van der Waals surface area (Å²) in [6.07, 6.45) is 0.724. The van der Waals surface area contributed by atoms with Crippen molar-refractivity contribution in [3.63, 3.8) is 0 Å². The molecule has 2 aromatic carbocycles. The highest BCUT2D eigenvalue weighted by Gasteiger charge is 2.25. The van der Waals surface area contributed by atoms with Crippen LogP contribution >= 0.6 is 0 Å². The van der Waals surface area contributed by atoms with Crippen LogP contribution in [0.1, 0.15) is 13.3 Å². The molecule has 0 aliphatic carbocycles. The van der Waals surface area contributed by atoms with Crippen LogP contribution in [0.2, 0.25) is 0 Å². The number of nitrogens with two attached hydrogens (primary N) is 1. The van der Waals surface area contributed by atoms with Crippen LogP contribution in [0, 0.1) is 10.1 Å². The Morgan fingerprint density at radius 1 is 1.10 bits per heavy atom. The van der Waals surface area contributed by atoms with Gasteiger partial charge in [0.25, 0.3) is 15.7 Å². The van der Waals surface area contributed by atoms with E-state index in [2.05, 4.69) is 10.0 Å². The molecular formula is C16H20N4O7S2. The molecule has 0 saturated carbocycles. The molecule has 0 atom stereocenters. The maximum atomic E-state index is 12.9. The lowest BCUT2D eigenvalue weighted by Gasteiger charge is -2.16. The highest BCUT2D eigenvalue weighted by Crippen LogP contribution is 2.32. The fourth-order valence-electron chi connectivity index (χ4n) is 2.39. The standard InChI is InChI=1S/C16H20N4O7S2/c1-3-8-18-13-6-5-12(28(17,23)24)10-14(13)19-29(25,26)16-9-11(20(21)22)4-7-15(16)27-2/h4-7,9-10,18-19H,3,8H2,1-2H3,(H2,17,23,24). The minimum Gasteiger partial charge on any atom is -0.495 e. The van der Waals surface area contributed by atoms with Crippen molar-refractivity contribution in [1.29, 1.82) is 0 Å². The van der Waals surface area contributed by atoms with Crippen LogP contribution in [0.15, 0.2) is 46.2 Å². The van der Waals surface area contributed by atoms with E-state index in [1.807, 2.05) is 6.92 Å². The Hall–Kier alpha value is -2.90. The highest BCUT2D eigenvalue weighted by molar-refractivity contribution is 7.93. The molecule has 29 heavy (non-hydrogen) atoms. The molecule has 4 N–H and O–H groups in total. The van der Waals surface area contributed by atoms with Crippen LogP contribution in [-0.2, 0) is 20.0 Å². The number of sulfonamides is 2. The summed E-state index contributed by atoms with van der Waals surface area (Å²) in [5, 5.41) is 19.1. The first-order valence-electron chi connectivity index (χ1n) is 8.25. The molecule has 0 aromatic heterocycles. The van der Waals surface area contributed by atoms with Crippen LogP contribution in [0.4, 0.5) is 17.1 Å². The molecule has 158 valence electrons. The van der Waals surface area contributed by atoms with Crippen molar-refractivity contribution >= 4 is 37.1 Å². The number of nitrogens with one attached hydrogen (secondary N) is 2. The first-order valence-corrected chi connectivity index (χ1v) is 11.3. The second-order valence-corrected chi connectivity index (χ2v) is 9.09. The van der Waals surface area contributed by atoms with Crippen LogP contribution in [0.5, 0.6) is 5.75 Å². The molecular weight excluding hydrogens is 424 g/mol. The van der Waals surface area contributed by atoms with Crippen LogP contribution in [-0.4, -0.2) is 35.4 Å². The van der Waals surface area contributed by atoms with Crippen molar-refractivity contribution in [1.82, 2.24) is 0 Å². The first kappa shape index (κ1) is 22.4. The van der Waals surface area contributed by atoms with Gasteiger partial charge in [-0.05, 0) is 30.7 Å². The SMILES string of the molecule is CCCNc1ccc(S(N)(=O)=O)cc1NS(=O)(=O)c1cc([N+](=O)[O-])ccc1OC. The van der Waals surface area contributed by atoms with Gasteiger partial charge in [-0.25, -0.2) is 22.0 Å². The zero-order valence-corrected chi connectivity index (χ0v) is 17.2. The van der Waals surface area contributed by atoms with Crippen LogP contribution < -0.4 is 19.9 Å². The Labute approximate surface area is 168 Å². The van der Waals surface area contributed by atoms with Crippen molar-refractivity contribution < 1.29 is 26.5 Å². The summed E-state index contributed by atoms with van der Waals surface area (Å²) in [4.78, 5) is 9.50. The Morgan fingerprint density at radius 3 is 2.34 bits per heavy atom. The van der Waals surface area contributed by atoms with E-state index in [0.717, 1.165) is 30.7 Å². The van der Waals surface area contributed by atoms with Gasteiger partial charge < -0.3 is 10.1 Å². The number of ether oxygens (including phenoxy) is 1. The molecule has 0 bridgehead atoms. The van der Waals surface area contributed by atoms with Gasteiger partial charge in [-0.2, -0.15) is 0 Å². The number of nitro groups is 1. The van der Waals surface area contributed by atoms with Gasteiger partial charge in [-0.15, -0.1) is 0 Å². The minimum atomic E-state index is -4.38. The topological polar surface area (TPSA) is 171 Å². The van der Waals surface area contributed by atoms with E-state index in [9.17, 15) is 26.9 Å². The molecule has 0 fully saturated rings.